The third-order valence-corrected chi connectivity index (χ3v) is 1.37. The molecule has 1 aliphatic rings. The minimum Gasteiger partial charge on any atom is -0.491 e. The molecular formula is C6H10O2. The molecule has 2 nitrogen and oxygen atoms in total. The number of hydrogen-bond donors (Lipinski definition) is 1. The SMILES string of the molecule is CCC1=COC1CO. The van der Waals surface area contributed by atoms with E-state index in [1.807, 2.05) is 0 Å². The van der Waals surface area contributed by atoms with Crippen molar-refractivity contribution >= 4 is 0 Å². The van der Waals surface area contributed by atoms with Gasteiger partial charge in [0, 0.05) is 5.57 Å². The summed E-state index contributed by atoms with van der Waals surface area (Å²) in [5, 5.41) is 8.52. The van der Waals surface area contributed by atoms with Gasteiger partial charge in [0.05, 0.1) is 12.9 Å². The van der Waals surface area contributed by atoms with Crippen molar-refractivity contribution in [2.24, 2.45) is 0 Å². The van der Waals surface area contributed by atoms with Crippen molar-refractivity contribution < 1.29 is 9.84 Å². The van der Waals surface area contributed by atoms with Crippen LogP contribution in [0.5, 0.6) is 0 Å². The molecule has 0 aromatic carbocycles. The fraction of sp³-hybridized carbons (Fsp3) is 0.667. The number of rotatable bonds is 2. The summed E-state index contributed by atoms with van der Waals surface area (Å²) < 4.78 is 4.87. The minimum absolute atomic E-state index is 0.0139. The van der Waals surface area contributed by atoms with Crippen LogP contribution < -0.4 is 0 Å². The third-order valence-electron chi connectivity index (χ3n) is 1.37. The van der Waals surface area contributed by atoms with E-state index in [9.17, 15) is 0 Å². The Morgan fingerprint density at radius 3 is 2.75 bits per heavy atom. The highest BCUT2D eigenvalue weighted by Crippen LogP contribution is 2.19. The maximum Gasteiger partial charge on any atom is 0.145 e. The second-order valence-electron chi connectivity index (χ2n) is 1.85. The van der Waals surface area contributed by atoms with Crippen LogP contribution in [0.4, 0.5) is 0 Å². The van der Waals surface area contributed by atoms with Gasteiger partial charge in [-0.05, 0) is 6.42 Å². The quantitative estimate of drug-likeness (QED) is 0.571. The lowest BCUT2D eigenvalue weighted by Crippen LogP contribution is -2.25. The van der Waals surface area contributed by atoms with E-state index in [0.717, 1.165) is 6.42 Å². The summed E-state index contributed by atoms with van der Waals surface area (Å²) in [6, 6.07) is 0. The van der Waals surface area contributed by atoms with Gasteiger partial charge in [0.25, 0.3) is 0 Å². The highest BCUT2D eigenvalue weighted by molar-refractivity contribution is 5.12. The van der Waals surface area contributed by atoms with Crippen LogP contribution in [0.15, 0.2) is 11.8 Å². The van der Waals surface area contributed by atoms with Gasteiger partial charge in [-0.25, -0.2) is 0 Å². The topological polar surface area (TPSA) is 29.5 Å². The lowest BCUT2D eigenvalue weighted by atomic mass is 10.1. The first-order valence-corrected chi connectivity index (χ1v) is 2.83. The Kier molecular flexibility index (Phi) is 1.53. The molecule has 0 aliphatic carbocycles. The Balaban J connectivity index is 2.35. The van der Waals surface area contributed by atoms with Crippen LogP contribution in [0.25, 0.3) is 0 Å². The number of hydrogen-bond acceptors (Lipinski definition) is 2. The lowest BCUT2D eigenvalue weighted by molar-refractivity contribution is 0.0600. The van der Waals surface area contributed by atoms with E-state index in [2.05, 4.69) is 6.92 Å². The van der Waals surface area contributed by atoms with Crippen LogP contribution in [0.1, 0.15) is 13.3 Å². The summed E-state index contributed by atoms with van der Waals surface area (Å²) in [7, 11) is 0. The van der Waals surface area contributed by atoms with E-state index in [4.69, 9.17) is 9.84 Å². The van der Waals surface area contributed by atoms with Crippen LogP contribution in [-0.4, -0.2) is 17.8 Å². The zero-order valence-electron chi connectivity index (χ0n) is 4.92. The Morgan fingerprint density at radius 2 is 2.62 bits per heavy atom. The fourth-order valence-corrected chi connectivity index (χ4v) is 0.732. The third kappa shape index (κ3) is 0.713. The minimum atomic E-state index is 0.0139. The molecule has 2 heteroatoms. The molecular weight excluding hydrogens is 104 g/mol. The average molecular weight is 114 g/mol. The standard InChI is InChI=1S/C6H10O2/c1-2-5-4-8-6(5)3-7/h4,6-7H,2-3H2,1H3. The molecule has 0 aromatic rings. The van der Waals surface area contributed by atoms with Crippen molar-refractivity contribution in [1.82, 2.24) is 0 Å². The summed E-state index contributed by atoms with van der Waals surface area (Å²) in [5.74, 6) is 0. The monoisotopic (exact) mass is 114 g/mol. The molecule has 1 heterocycles. The predicted molar refractivity (Wildman–Crippen MR) is 30.3 cm³/mol. The van der Waals surface area contributed by atoms with Crippen LogP contribution in [0.3, 0.4) is 0 Å². The van der Waals surface area contributed by atoms with Crippen LogP contribution in [0.2, 0.25) is 0 Å². The van der Waals surface area contributed by atoms with Gasteiger partial charge in [-0.3, -0.25) is 0 Å². The van der Waals surface area contributed by atoms with Crippen molar-refractivity contribution in [3.63, 3.8) is 0 Å². The maximum absolute atomic E-state index is 8.52. The lowest BCUT2D eigenvalue weighted by Gasteiger charge is -2.24. The summed E-state index contributed by atoms with van der Waals surface area (Å²) >= 11 is 0. The molecule has 0 amide bonds. The van der Waals surface area contributed by atoms with E-state index in [1.165, 1.54) is 5.57 Å². The molecule has 0 radical (unpaired) electrons. The van der Waals surface area contributed by atoms with Gasteiger partial charge in [0.15, 0.2) is 0 Å². The van der Waals surface area contributed by atoms with Gasteiger partial charge >= 0.3 is 0 Å². The molecule has 0 saturated carbocycles. The molecule has 1 aliphatic heterocycles. The van der Waals surface area contributed by atoms with E-state index in [1.54, 1.807) is 6.26 Å². The second-order valence-corrected chi connectivity index (χ2v) is 1.85. The average Bonchev–Trinajstić information content (AvgIpc) is 1.66. The van der Waals surface area contributed by atoms with Gasteiger partial charge in [-0.2, -0.15) is 0 Å². The van der Waals surface area contributed by atoms with E-state index in [-0.39, 0.29) is 12.7 Å². The molecule has 1 rings (SSSR count). The van der Waals surface area contributed by atoms with Gasteiger partial charge < -0.3 is 9.84 Å². The first-order chi connectivity index (χ1) is 3.88. The van der Waals surface area contributed by atoms with Crippen LogP contribution in [0, 0.1) is 0 Å². The summed E-state index contributed by atoms with van der Waals surface area (Å²) in [6.45, 7) is 2.18. The van der Waals surface area contributed by atoms with Crippen molar-refractivity contribution in [1.29, 1.82) is 0 Å². The first kappa shape index (κ1) is 5.63. The van der Waals surface area contributed by atoms with E-state index < -0.39 is 0 Å². The highest BCUT2D eigenvalue weighted by Gasteiger charge is 2.19. The zero-order chi connectivity index (χ0) is 5.98. The van der Waals surface area contributed by atoms with Gasteiger partial charge in [-0.1, -0.05) is 6.92 Å². The van der Waals surface area contributed by atoms with Gasteiger partial charge in [-0.15, -0.1) is 0 Å². The number of aliphatic hydroxyl groups is 1. The second kappa shape index (κ2) is 2.18. The molecule has 0 saturated heterocycles. The Labute approximate surface area is 48.8 Å². The normalized spacial score (nSPS) is 25.8. The Hall–Kier alpha value is -0.500. The van der Waals surface area contributed by atoms with Crippen molar-refractivity contribution in [3.8, 4) is 0 Å². The molecule has 46 valence electrons. The van der Waals surface area contributed by atoms with Crippen LogP contribution in [-0.2, 0) is 4.74 Å². The number of aliphatic hydroxyl groups excluding tert-OH is 1. The summed E-state index contributed by atoms with van der Waals surface area (Å²) in [4.78, 5) is 0. The zero-order valence-corrected chi connectivity index (χ0v) is 4.92. The van der Waals surface area contributed by atoms with E-state index in [0.29, 0.717) is 0 Å². The predicted octanol–water partition coefficient (Wildman–Crippen LogP) is 0.671. The molecule has 0 fully saturated rings. The molecule has 8 heavy (non-hydrogen) atoms. The molecule has 0 spiro atoms. The molecule has 0 bridgehead atoms. The summed E-state index contributed by atoms with van der Waals surface area (Å²) in [5.41, 5.74) is 1.22. The largest absolute Gasteiger partial charge is 0.491 e. The van der Waals surface area contributed by atoms with Crippen molar-refractivity contribution in [2.75, 3.05) is 6.61 Å². The molecule has 0 aromatic heterocycles. The van der Waals surface area contributed by atoms with Crippen molar-refractivity contribution in [2.45, 2.75) is 19.4 Å². The molecule has 1 atom stereocenters. The first-order valence-electron chi connectivity index (χ1n) is 2.83. The van der Waals surface area contributed by atoms with Gasteiger partial charge in [0.1, 0.15) is 6.10 Å². The Morgan fingerprint density at radius 1 is 1.88 bits per heavy atom. The maximum atomic E-state index is 8.52. The fourth-order valence-electron chi connectivity index (χ4n) is 0.732. The molecule has 1 unspecified atom stereocenters. The highest BCUT2D eigenvalue weighted by atomic mass is 16.5. The number of ether oxygens (including phenoxy) is 1. The smallest absolute Gasteiger partial charge is 0.145 e. The van der Waals surface area contributed by atoms with Crippen molar-refractivity contribution in [3.05, 3.63) is 11.8 Å². The van der Waals surface area contributed by atoms with E-state index >= 15 is 0 Å². The van der Waals surface area contributed by atoms with Crippen LogP contribution >= 0.6 is 0 Å². The molecule has 1 N–H and O–H groups in total. The van der Waals surface area contributed by atoms with Gasteiger partial charge in [0.2, 0.25) is 0 Å². The Bertz CT molecular complexity index is 107. The summed E-state index contributed by atoms with van der Waals surface area (Å²) in [6.07, 6.45) is 2.71.